The third-order valence-electron chi connectivity index (χ3n) is 6.40. The van der Waals surface area contributed by atoms with Crippen molar-refractivity contribution in [3.05, 3.63) is 84.8 Å². The number of carbonyl (C=O) groups excluding carboxylic acids is 1. The van der Waals surface area contributed by atoms with Gasteiger partial charge in [-0.2, -0.15) is 5.26 Å². The molecule has 3 heterocycles. The lowest BCUT2D eigenvalue weighted by Gasteiger charge is -2.13. The largest absolute Gasteiger partial charge is 0.493 e. The highest BCUT2D eigenvalue weighted by atomic mass is 16.5. The zero-order valence-electron chi connectivity index (χ0n) is 22.1. The van der Waals surface area contributed by atoms with E-state index in [4.69, 9.17) is 15.2 Å². The smallest absolute Gasteiger partial charge is 0.322 e. The number of fused-ring (bicyclic) bond motifs is 1. The van der Waals surface area contributed by atoms with Gasteiger partial charge < -0.3 is 25.1 Å². The molecule has 5 aromatic rings. The van der Waals surface area contributed by atoms with Gasteiger partial charge in [-0.25, -0.2) is 15.0 Å². The standard InChI is InChI=1S/C30H25N7O3/c1-5-24(38)36-21-9-6-18(7-10-21)27-25(26-28(37(27)3)20(15-31)16-34-29(26)32)19-8-11-22(23(14-19)39-4)40-30-33-13-12-17(2)35-30/h5-14,16H,1H2,2-4H3,(H2,32,34)(H,36,38). The summed E-state index contributed by atoms with van der Waals surface area (Å²) in [5.74, 6) is 0.870. The molecule has 198 valence electrons. The molecule has 0 aliphatic carbocycles. The highest BCUT2D eigenvalue weighted by molar-refractivity contribution is 6.11. The van der Waals surface area contributed by atoms with Crippen LogP contribution in [-0.4, -0.2) is 32.5 Å². The number of rotatable bonds is 7. The van der Waals surface area contributed by atoms with E-state index in [0.717, 1.165) is 28.1 Å². The zero-order chi connectivity index (χ0) is 28.4. The third kappa shape index (κ3) is 4.68. The molecule has 0 bridgehead atoms. The molecule has 0 atom stereocenters. The van der Waals surface area contributed by atoms with Crippen LogP contribution >= 0.6 is 0 Å². The van der Waals surface area contributed by atoms with E-state index in [-0.39, 0.29) is 17.7 Å². The molecule has 0 aliphatic heterocycles. The fraction of sp³-hybridized carbons (Fsp3) is 0.100. The van der Waals surface area contributed by atoms with Crippen LogP contribution in [0.1, 0.15) is 11.3 Å². The molecule has 3 aromatic heterocycles. The number of nitrogens with zero attached hydrogens (tertiary/aromatic N) is 5. The monoisotopic (exact) mass is 531 g/mol. The Labute approximate surface area is 230 Å². The first kappa shape index (κ1) is 25.9. The molecule has 0 fully saturated rings. The lowest BCUT2D eigenvalue weighted by Crippen LogP contribution is -2.06. The van der Waals surface area contributed by atoms with Crippen molar-refractivity contribution in [3.63, 3.8) is 0 Å². The van der Waals surface area contributed by atoms with Crippen molar-refractivity contribution in [2.45, 2.75) is 6.92 Å². The average molecular weight is 532 g/mol. The van der Waals surface area contributed by atoms with Gasteiger partial charge in [-0.3, -0.25) is 4.79 Å². The molecular formula is C30H25N7O3. The molecule has 5 rings (SSSR count). The molecule has 0 unspecified atom stereocenters. The minimum absolute atomic E-state index is 0.202. The zero-order valence-corrected chi connectivity index (χ0v) is 22.1. The molecule has 0 saturated heterocycles. The van der Waals surface area contributed by atoms with Gasteiger partial charge in [0.2, 0.25) is 5.91 Å². The molecule has 40 heavy (non-hydrogen) atoms. The Morgan fingerprint density at radius 2 is 1.88 bits per heavy atom. The predicted molar refractivity (Wildman–Crippen MR) is 153 cm³/mol. The van der Waals surface area contributed by atoms with Gasteiger partial charge in [0.15, 0.2) is 11.5 Å². The van der Waals surface area contributed by atoms with Crippen molar-refractivity contribution in [2.24, 2.45) is 7.05 Å². The molecular weight excluding hydrogens is 506 g/mol. The first-order chi connectivity index (χ1) is 19.3. The van der Waals surface area contributed by atoms with E-state index in [9.17, 15) is 10.1 Å². The highest BCUT2D eigenvalue weighted by Crippen LogP contribution is 2.45. The number of benzene rings is 2. The summed E-state index contributed by atoms with van der Waals surface area (Å²) in [6.45, 7) is 5.34. The van der Waals surface area contributed by atoms with E-state index in [1.165, 1.54) is 12.3 Å². The highest BCUT2D eigenvalue weighted by Gasteiger charge is 2.24. The topological polar surface area (TPSA) is 141 Å². The maximum Gasteiger partial charge on any atom is 0.322 e. The number of methoxy groups -OCH3 is 1. The van der Waals surface area contributed by atoms with E-state index in [1.54, 1.807) is 37.6 Å². The number of nitrogens with two attached hydrogens (primary N) is 1. The first-order valence-corrected chi connectivity index (χ1v) is 12.2. The molecule has 10 heteroatoms. The summed E-state index contributed by atoms with van der Waals surface area (Å²) in [4.78, 5) is 24.5. The summed E-state index contributed by atoms with van der Waals surface area (Å²) >= 11 is 0. The van der Waals surface area contributed by atoms with Crippen LogP contribution in [0.5, 0.6) is 17.5 Å². The van der Waals surface area contributed by atoms with Crippen molar-refractivity contribution in [2.75, 3.05) is 18.2 Å². The number of pyridine rings is 1. The Bertz CT molecular complexity index is 1820. The second-order valence-electron chi connectivity index (χ2n) is 8.89. The van der Waals surface area contributed by atoms with Gasteiger partial charge in [-0.05, 0) is 54.5 Å². The Morgan fingerprint density at radius 3 is 2.55 bits per heavy atom. The molecule has 10 nitrogen and oxygen atoms in total. The average Bonchev–Trinajstić information content (AvgIpc) is 3.27. The van der Waals surface area contributed by atoms with Crippen molar-refractivity contribution >= 4 is 28.3 Å². The van der Waals surface area contributed by atoms with Crippen LogP contribution in [0.15, 0.2) is 73.6 Å². The Balaban J connectivity index is 1.71. The van der Waals surface area contributed by atoms with Gasteiger partial charge in [0, 0.05) is 36.4 Å². The lowest BCUT2D eigenvalue weighted by atomic mass is 9.97. The van der Waals surface area contributed by atoms with Gasteiger partial charge in [-0.15, -0.1) is 0 Å². The van der Waals surface area contributed by atoms with Gasteiger partial charge in [0.05, 0.1) is 29.3 Å². The van der Waals surface area contributed by atoms with Crippen molar-refractivity contribution in [1.29, 1.82) is 5.26 Å². The van der Waals surface area contributed by atoms with Crippen molar-refractivity contribution in [1.82, 2.24) is 19.5 Å². The minimum Gasteiger partial charge on any atom is -0.493 e. The fourth-order valence-corrected chi connectivity index (χ4v) is 4.59. The number of hydrogen-bond donors (Lipinski definition) is 2. The molecule has 0 aliphatic rings. The summed E-state index contributed by atoms with van der Waals surface area (Å²) in [7, 11) is 3.42. The summed E-state index contributed by atoms with van der Waals surface area (Å²) in [5.41, 5.74) is 12.0. The Hall–Kier alpha value is -5.69. The van der Waals surface area contributed by atoms with Crippen LogP contribution in [0, 0.1) is 18.3 Å². The summed E-state index contributed by atoms with van der Waals surface area (Å²) in [6, 6.07) is 17.1. The molecule has 0 saturated carbocycles. The van der Waals surface area contributed by atoms with Crippen LogP contribution in [0.25, 0.3) is 33.3 Å². The number of carbonyl (C=O) groups is 1. The number of hydrogen-bond acceptors (Lipinski definition) is 8. The number of ether oxygens (including phenoxy) is 2. The number of aryl methyl sites for hydroxylation is 2. The van der Waals surface area contributed by atoms with E-state index in [2.05, 4.69) is 32.9 Å². The van der Waals surface area contributed by atoms with Crippen molar-refractivity contribution in [3.8, 4) is 46.0 Å². The third-order valence-corrected chi connectivity index (χ3v) is 6.40. The number of anilines is 2. The van der Waals surface area contributed by atoms with Crippen LogP contribution < -0.4 is 20.5 Å². The van der Waals surface area contributed by atoms with E-state index < -0.39 is 0 Å². The van der Waals surface area contributed by atoms with Crippen LogP contribution in [0.2, 0.25) is 0 Å². The second-order valence-corrected chi connectivity index (χ2v) is 8.89. The van der Waals surface area contributed by atoms with Crippen LogP contribution in [0.4, 0.5) is 11.5 Å². The van der Waals surface area contributed by atoms with E-state index >= 15 is 0 Å². The van der Waals surface area contributed by atoms with Gasteiger partial charge >= 0.3 is 6.01 Å². The molecule has 2 aromatic carbocycles. The van der Waals surface area contributed by atoms with Crippen molar-refractivity contribution < 1.29 is 14.3 Å². The normalized spacial score (nSPS) is 10.7. The maximum atomic E-state index is 11.8. The first-order valence-electron chi connectivity index (χ1n) is 12.2. The van der Waals surface area contributed by atoms with E-state index in [1.807, 2.05) is 42.8 Å². The van der Waals surface area contributed by atoms with Gasteiger partial charge in [0.25, 0.3) is 0 Å². The SMILES string of the molecule is C=CC(=O)Nc1ccc(-c2c(-c3ccc(Oc4nccc(C)n4)c(OC)c3)c3c(N)ncc(C#N)c3n2C)cc1. The number of nitriles is 1. The predicted octanol–water partition coefficient (Wildman–Crippen LogP) is 5.39. The second kappa shape index (κ2) is 10.6. The van der Waals surface area contributed by atoms with Crippen LogP contribution in [-0.2, 0) is 11.8 Å². The fourth-order valence-electron chi connectivity index (χ4n) is 4.59. The Morgan fingerprint density at radius 1 is 1.12 bits per heavy atom. The molecule has 0 spiro atoms. The quantitative estimate of drug-likeness (QED) is 0.267. The summed E-state index contributed by atoms with van der Waals surface area (Å²) in [5, 5.41) is 13.3. The number of amides is 1. The minimum atomic E-state index is -0.305. The lowest BCUT2D eigenvalue weighted by molar-refractivity contribution is -0.111. The Kier molecular flexibility index (Phi) is 6.87. The summed E-state index contributed by atoms with van der Waals surface area (Å²) < 4.78 is 13.5. The number of aromatic nitrogens is 4. The molecule has 3 N–H and O–H groups in total. The van der Waals surface area contributed by atoms with Crippen LogP contribution in [0.3, 0.4) is 0 Å². The van der Waals surface area contributed by atoms with Gasteiger partial charge in [-0.1, -0.05) is 24.8 Å². The van der Waals surface area contributed by atoms with E-state index in [0.29, 0.717) is 33.7 Å². The van der Waals surface area contributed by atoms with Gasteiger partial charge in [0.1, 0.15) is 11.9 Å². The number of nitrogen functional groups attached to an aromatic ring is 1. The molecule has 0 radical (unpaired) electrons. The molecule has 1 amide bonds. The summed E-state index contributed by atoms with van der Waals surface area (Å²) in [6.07, 6.45) is 4.30. The maximum absolute atomic E-state index is 11.8. The number of nitrogens with one attached hydrogen (secondary N) is 1.